The number of halogens is 1. The molecule has 3 heteroatoms. The van der Waals surface area contributed by atoms with Crippen molar-refractivity contribution in [1.82, 2.24) is 0 Å². The van der Waals surface area contributed by atoms with Gasteiger partial charge in [0.2, 0.25) is 9.04 Å². The minimum absolute atomic E-state index is 0.0275. The third-order valence-electron chi connectivity index (χ3n) is 1.76. The SMILES string of the molecule is CC=C(F)[SiH]1CCCCO1. The quantitative estimate of drug-likeness (QED) is 0.533. The zero-order chi connectivity index (χ0) is 7.40. The van der Waals surface area contributed by atoms with E-state index in [4.69, 9.17) is 4.43 Å². The molecule has 0 aromatic rings. The van der Waals surface area contributed by atoms with Crippen molar-refractivity contribution in [2.24, 2.45) is 0 Å². The summed E-state index contributed by atoms with van der Waals surface area (Å²) in [6.07, 6.45) is 3.81. The zero-order valence-corrected chi connectivity index (χ0v) is 7.42. The fraction of sp³-hybridized carbons (Fsp3) is 0.714. The van der Waals surface area contributed by atoms with Gasteiger partial charge in [-0.2, -0.15) is 0 Å². The van der Waals surface area contributed by atoms with E-state index in [1.807, 2.05) is 0 Å². The summed E-state index contributed by atoms with van der Waals surface area (Å²) in [7, 11) is -1.53. The molecule has 1 nitrogen and oxygen atoms in total. The van der Waals surface area contributed by atoms with E-state index in [-0.39, 0.29) is 5.45 Å². The van der Waals surface area contributed by atoms with E-state index in [1.165, 1.54) is 0 Å². The van der Waals surface area contributed by atoms with Gasteiger partial charge in [0.05, 0.1) is 0 Å². The smallest absolute Gasteiger partial charge is 0.239 e. The molecule has 0 aliphatic carbocycles. The van der Waals surface area contributed by atoms with E-state index in [2.05, 4.69) is 0 Å². The average molecular weight is 160 g/mol. The van der Waals surface area contributed by atoms with Crippen molar-refractivity contribution in [2.75, 3.05) is 6.61 Å². The molecule has 0 aromatic heterocycles. The zero-order valence-electron chi connectivity index (χ0n) is 6.27. The van der Waals surface area contributed by atoms with Gasteiger partial charge in [-0.15, -0.1) is 0 Å². The molecule has 0 amide bonds. The number of allylic oxidation sites excluding steroid dienone is 1. The van der Waals surface area contributed by atoms with Crippen molar-refractivity contribution >= 4 is 9.04 Å². The fourth-order valence-corrected chi connectivity index (χ4v) is 3.23. The number of rotatable bonds is 1. The maximum absolute atomic E-state index is 12.8. The Balaban J connectivity index is 2.39. The Morgan fingerprint density at radius 3 is 2.90 bits per heavy atom. The Kier molecular flexibility index (Phi) is 3.09. The summed E-state index contributed by atoms with van der Waals surface area (Å²) in [6, 6.07) is 0.982. The summed E-state index contributed by atoms with van der Waals surface area (Å²) >= 11 is 0. The first-order valence-electron chi connectivity index (χ1n) is 3.78. The largest absolute Gasteiger partial charge is 0.413 e. The third-order valence-corrected chi connectivity index (χ3v) is 4.28. The summed E-state index contributed by atoms with van der Waals surface area (Å²) in [5.74, 6) is 0. The highest BCUT2D eigenvalue weighted by atomic mass is 28.3. The maximum Gasteiger partial charge on any atom is 0.239 e. The van der Waals surface area contributed by atoms with Crippen LogP contribution in [0.2, 0.25) is 6.04 Å². The van der Waals surface area contributed by atoms with Crippen LogP contribution in [0.25, 0.3) is 0 Å². The first-order chi connectivity index (χ1) is 4.84. The highest BCUT2D eigenvalue weighted by Crippen LogP contribution is 2.17. The van der Waals surface area contributed by atoms with Crippen molar-refractivity contribution in [2.45, 2.75) is 25.8 Å². The van der Waals surface area contributed by atoms with E-state index in [1.54, 1.807) is 13.0 Å². The summed E-state index contributed by atoms with van der Waals surface area (Å²) < 4.78 is 18.1. The number of hydrogen-bond acceptors (Lipinski definition) is 1. The van der Waals surface area contributed by atoms with Gasteiger partial charge < -0.3 is 4.43 Å². The lowest BCUT2D eigenvalue weighted by molar-refractivity contribution is 0.286. The normalized spacial score (nSPS) is 28.6. The van der Waals surface area contributed by atoms with Crippen LogP contribution in [0.1, 0.15) is 19.8 Å². The highest BCUT2D eigenvalue weighted by Gasteiger charge is 2.19. The van der Waals surface area contributed by atoms with Gasteiger partial charge in [0.25, 0.3) is 0 Å². The lowest BCUT2D eigenvalue weighted by Gasteiger charge is -2.18. The molecular formula is C7H13FOSi. The molecule has 1 aliphatic heterocycles. The van der Waals surface area contributed by atoms with Gasteiger partial charge in [-0.1, -0.05) is 12.5 Å². The van der Waals surface area contributed by atoms with Crippen molar-refractivity contribution in [3.05, 3.63) is 11.5 Å². The van der Waals surface area contributed by atoms with Crippen LogP contribution < -0.4 is 0 Å². The molecule has 1 heterocycles. The van der Waals surface area contributed by atoms with Crippen LogP contribution in [-0.4, -0.2) is 15.6 Å². The van der Waals surface area contributed by atoms with E-state index in [0.29, 0.717) is 0 Å². The monoisotopic (exact) mass is 160 g/mol. The standard InChI is InChI=1S/C7H13FOSi/c1-2-7(8)10-6-4-3-5-9-10/h2,10H,3-6H2,1H3. The van der Waals surface area contributed by atoms with Crippen LogP contribution in [0.4, 0.5) is 4.39 Å². The molecule has 58 valence electrons. The summed E-state index contributed by atoms with van der Waals surface area (Å²) in [6.45, 7) is 2.51. The molecule has 1 unspecified atom stereocenters. The van der Waals surface area contributed by atoms with Gasteiger partial charge in [0.15, 0.2) is 0 Å². The van der Waals surface area contributed by atoms with Crippen molar-refractivity contribution in [3.8, 4) is 0 Å². The van der Waals surface area contributed by atoms with Crippen LogP contribution in [0.5, 0.6) is 0 Å². The van der Waals surface area contributed by atoms with Crippen LogP contribution >= 0.6 is 0 Å². The van der Waals surface area contributed by atoms with Gasteiger partial charge in [0.1, 0.15) is 5.45 Å². The second-order valence-corrected chi connectivity index (χ2v) is 4.97. The molecule has 1 rings (SSSR count). The van der Waals surface area contributed by atoms with Crippen molar-refractivity contribution < 1.29 is 8.82 Å². The van der Waals surface area contributed by atoms with Crippen LogP contribution in [-0.2, 0) is 4.43 Å². The van der Waals surface area contributed by atoms with Gasteiger partial charge in [-0.05, 0) is 19.4 Å². The topological polar surface area (TPSA) is 9.23 Å². The molecular weight excluding hydrogens is 147 g/mol. The lowest BCUT2D eigenvalue weighted by Crippen LogP contribution is -2.24. The molecule has 1 saturated heterocycles. The molecule has 0 N–H and O–H groups in total. The van der Waals surface area contributed by atoms with E-state index in [9.17, 15) is 4.39 Å². The molecule has 1 atom stereocenters. The predicted octanol–water partition coefficient (Wildman–Crippen LogP) is 1.93. The molecule has 0 saturated carbocycles. The molecule has 10 heavy (non-hydrogen) atoms. The van der Waals surface area contributed by atoms with Crippen LogP contribution in [0.3, 0.4) is 0 Å². The minimum Gasteiger partial charge on any atom is -0.413 e. The molecule has 0 aromatic carbocycles. The Morgan fingerprint density at radius 1 is 1.60 bits per heavy atom. The molecule has 1 fully saturated rings. The molecule has 0 bridgehead atoms. The summed E-state index contributed by atoms with van der Waals surface area (Å²) in [4.78, 5) is 0. The molecule has 0 spiro atoms. The minimum atomic E-state index is -1.53. The van der Waals surface area contributed by atoms with Gasteiger partial charge in [-0.3, -0.25) is 0 Å². The van der Waals surface area contributed by atoms with Crippen molar-refractivity contribution in [3.63, 3.8) is 0 Å². The average Bonchev–Trinajstić information content (AvgIpc) is 2.05. The third kappa shape index (κ3) is 1.92. The van der Waals surface area contributed by atoms with Crippen LogP contribution in [0, 0.1) is 0 Å². The fourth-order valence-electron chi connectivity index (χ4n) is 1.14. The first kappa shape index (κ1) is 7.95. The molecule has 1 aliphatic rings. The van der Waals surface area contributed by atoms with Crippen molar-refractivity contribution in [1.29, 1.82) is 0 Å². The first-order valence-corrected chi connectivity index (χ1v) is 5.64. The Hall–Kier alpha value is -0.153. The molecule has 0 radical (unpaired) electrons. The Morgan fingerprint density at radius 2 is 2.40 bits per heavy atom. The van der Waals surface area contributed by atoms with E-state index < -0.39 is 9.04 Å². The summed E-state index contributed by atoms with van der Waals surface area (Å²) in [5.41, 5.74) is 0.0275. The van der Waals surface area contributed by atoms with Gasteiger partial charge in [0, 0.05) is 6.61 Å². The van der Waals surface area contributed by atoms with E-state index >= 15 is 0 Å². The summed E-state index contributed by atoms with van der Waals surface area (Å²) in [5, 5.41) is 0. The Labute approximate surface area is 62.6 Å². The number of hydrogen-bond donors (Lipinski definition) is 0. The lowest BCUT2D eigenvalue weighted by atomic mass is 10.4. The second-order valence-electron chi connectivity index (χ2n) is 2.53. The van der Waals surface area contributed by atoms with E-state index in [0.717, 1.165) is 25.5 Å². The van der Waals surface area contributed by atoms with Crippen LogP contribution in [0.15, 0.2) is 11.5 Å². The predicted molar refractivity (Wildman–Crippen MR) is 42.0 cm³/mol. The van der Waals surface area contributed by atoms with Gasteiger partial charge >= 0.3 is 0 Å². The van der Waals surface area contributed by atoms with Gasteiger partial charge in [-0.25, -0.2) is 4.39 Å². The highest BCUT2D eigenvalue weighted by molar-refractivity contribution is 6.59. The maximum atomic E-state index is 12.8. The Bertz CT molecular complexity index is 130. The second kappa shape index (κ2) is 3.88.